The first kappa shape index (κ1) is 11.6. The van der Waals surface area contributed by atoms with Crippen LogP contribution >= 0.6 is 34.2 Å². The monoisotopic (exact) mass is 345 g/mol. The Labute approximate surface area is 113 Å². The Morgan fingerprint density at radius 3 is 2.25 bits per heavy atom. The molecule has 16 heavy (non-hydrogen) atoms. The van der Waals surface area contributed by atoms with Crippen molar-refractivity contribution in [2.45, 2.75) is 0 Å². The van der Waals surface area contributed by atoms with Crippen molar-refractivity contribution in [3.05, 3.63) is 45.3 Å². The highest BCUT2D eigenvalue weighted by Crippen LogP contribution is 2.21. The maximum Gasteiger partial charge on any atom is 0.229 e. The second-order valence-corrected chi connectivity index (χ2v) is 4.92. The molecule has 1 aromatic carbocycles. The van der Waals surface area contributed by atoms with E-state index in [2.05, 4.69) is 32.6 Å². The van der Waals surface area contributed by atoms with E-state index in [0.717, 1.165) is 14.3 Å². The van der Waals surface area contributed by atoms with Crippen molar-refractivity contribution in [2.75, 3.05) is 11.9 Å². The van der Waals surface area contributed by atoms with Crippen molar-refractivity contribution in [1.82, 2.24) is 9.97 Å². The molecular weight excluding hydrogens is 336 g/mol. The molecule has 0 amide bonds. The molecule has 0 bridgehead atoms. The van der Waals surface area contributed by atoms with Gasteiger partial charge in [0.15, 0.2) is 0 Å². The van der Waals surface area contributed by atoms with Crippen LogP contribution in [-0.4, -0.2) is 17.0 Å². The Morgan fingerprint density at radius 2 is 1.69 bits per heavy atom. The number of halogens is 2. The van der Waals surface area contributed by atoms with E-state index < -0.39 is 0 Å². The molecule has 0 aliphatic carbocycles. The van der Waals surface area contributed by atoms with Crippen LogP contribution in [0.5, 0.6) is 0 Å². The molecule has 0 saturated carbocycles. The normalized spacial score (nSPS) is 10.2. The van der Waals surface area contributed by atoms with Gasteiger partial charge in [0, 0.05) is 33.7 Å². The molecule has 2 rings (SSSR count). The quantitative estimate of drug-likeness (QED) is 0.780. The second-order valence-electron chi connectivity index (χ2n) is 3.24. The summed E-state index contributed by atoms with van der Waals surface area (Å²) >= 11 is 8.01. The first-order valence-electron chi connectivity index (χ1n) is 4.63. The van der Waals surface area contributed by atoms with E-state index in [4.69, 9.17) is 11.6 Å². The third-order valence-corrected chi connectivity index (χ3v) is 2.93. The number of hydrogen-bond donors (Lipinski definition) is 0. The zero-order chi connectivity index (χ0) is 11.5. The topological polar surface area (TPSA) is 29.0 Å². The molecule has 5 heteroatoms. The van der Waals surface area contributed by atoms with Crippen LogP contribution in [0.2, 0.25) is 5.02 Å². The molecule has 0 radical (unpaired) electrons. The molecule has 3 nitrogen and oxygen atoms in total. The van der Waals surface area contributed by atoms with Crippen LogP contribution in [0.4, 0.5) is 11.6 Å². The fraction of sp³-hybridized carbons (Fsp3) is 0.0909. The smallest absolute Gasteiger partial charge is 0.229 e. The van der Waals surface area contributed by atoms with Crippen molar-refractivity contribution in [2.24, 2.45) is 0 Å². The minimum atomic E-state index is 0.669. The number of rotatable bonds is 2. The Morgan fingerprint density at radius 1 is 1.12 bits per heavy atom. The van der Waals surface area contributed by atoms with Gasteiger partial charge in [0.05, 0.1) is 0 Å². The van der Waals surface area contributed by atoms with Gasteiger partial charge in [-0.25, -0.2) is 9.97 Å². The SMILES string of the molecule is CN(c1ccc(Cl)cc1)c1ncc(I)cn1. The van der Waals surface area contributed by atoms with E-state index in [-0.39, 0.29) is 0 Å². The Bertz CT molecular complexity index is 424. The number of nitrogens with zero attached hydrogens (tertiary/aromatic N) is 3. The molecule has 1 aromatic heterocycles. The average molecular weight is 346 g/mol. The summed E-state index contributed by atoms with van der Waals surface area (Å²) in [5.74, 6) is 0.669. The van der Waals surface area contributed by atoms with Crippen molar-refractivity contribution < 1.29 is 0 Å². The van der Waals surface area contributed by atoms with Gasteiger partial charge in [-0.2, -0.15) is 0 Å². The Kier molecular flexibility index (Phi) is 3.60. The Hall–Kier alpha value is -0.880. The first-order chi connectivity index (χ1) is 7.66. The number of benzene rings is 1. The fourth-order valence-electron chi connectivity index (χ4n) is 1.26. The summed E-state index contributed by atoms with van der Waals surface area (Å²) in [4.78, 5) is 10.4. The fourth-order valence-corrected chi connectivity index (χ4v) is 1.66. The lowest BCUT2D eigenvalue weighted by molar-refractivity contribution is 1.03. The van der Waals surface area contributed by atoms with Gasteiger partial charge < -0.3 is 4.90 Å². The zero-order valence-electron chi connectivity index (χ0n) is 8.56. The molecule has 0 aliphatic heterocycles. The molecule has 0 fully saturated rings. The van der Waals surface area contributed by atoms with Crippen molar-refractivity contribution >= 4 is 45.8 Å². The van der Waals surface area contributed by atoms with E-state index in [1.54, 1.807) is 12.4 Å². The predicted octanol–water partition coefficient (Wildman–Crippen LogP) is 3.50. The molecular formula is C11H9ClIN3. The summed E-state index contributed by atoms with van der Waals surface area (Å²) in [6.45, 7) is 0. The highest BCUT2D eigenvalue weighted by Gasteiger charge is 2.05. The largest absolute Gasteiger partial charge is 0.314 e. The number of aromatic nitrogens is 2. The van der Waals surface area contributed by atoms with E-state index in [9.17, 15) is 0 Å². The first-order valence-corrected chi connectivity index (χ1v) is 6.09. The van der Waals surface area contributed by atoms with Crippen LogP contribution in [0.25, 0.3) is 0 Å². The lowest BCUT2D eigenvalue weighted by atomic mass is 10.3. The van der Waals surface area contributed by atoms with Crippen LogP contribution in [0.1, 0.15) is 0 Å². The molecule has 0 N–H and O–H groups in total. The maximum absolute atomic E-state index is 5.83. The molecule has 82 valence electrons. The van der Waals surface area contributed by atoms with Crippen LogP contribution < -0.4 is 4.90 Å². The molecule has 0 atom stereocenters. The molecule has 0 aliphatic rings. The minimum Gasteiger partial charge on any atom is -0.314 e. The van der Waals surface area contributed by atoms with E-state index >= 15 is 0 Å². The number of hydrogen-bond acceptors (Lipinski definition) is 3. The van der Waals surface area contributed by atoms with E-state index in [1.165, 1.54) is 0 Å². The summed E-state index contributed by atoms with van der Waals surface area (Å²) in [5, 5.41) is 0.723. The molecule has 0 unspecified atom stereocenters. The summed E-state index contributed by atoms with van der Waals surface area (Å²) in [5.41, 5.74) is 1.01. The summed E-state index contributed by atoms with van der Waals surface area (Å²) < 4.78 is 1.02. The van der Waals surface area contributed by atoms with E-state index in [1.807, 2.05) is 36.2 Å². The highest BCUT2D eigenvalue weighted by molar-refractivity contribution is 14.1. The number of anilines is 2. The zero-order valence-corrected chi connectivity index (χ0v) is 11.5. The van der Waals surface area contributed by atoms with Gasteiger partial charge in [-0.05, 0) is 46.9 Å². The summed E-state index contributed by atoms with van der Waals surface area (Å²) in [6.07, 6.45) is 3.57. The lowest BCUT2D eigenvalue weighted by Crippen LogP contribution is -2.12. The van der Waals surface area contributed by atoms with Gasteiger partial charge >= 0.3 is 0 Å². The highest BCUT2D eigenvalue weighted by atomic mass is 127. The minimum absolute atomic E-state index is 0.669. The van der Waals surface area contributed by atoms with Crippen LogP contribution in [0.15, 0.2) is 36.7 Å². The van der Waals surface area contributed by atoms with Crippen LogP contribution in [-0.2, 0) is 0 Å². The predicted molar refractivity (Wildman–Crippen MR) is 74.3 cm³/mol. The third kappa shape index (κ3) is 2.62. The summed E-state index contributed by atoms with van der Waals surface area (Å²) in [7, 11) is 1.92. The Balaban J connectivity index is 2.28. The third-order valence-electron chi connectivity index (χ3n) is 2.12. The van der Waals surface area contributed by atoms with Crippen LogP contribution in [0.3, 0.4) is 0 Å². The lowest BCUT2D eigenvalue weighted by Gasteiger charge is -2.16. The van der Waals surface area contributed by atoms with Gasteiger partial charge in [0.25, 0.3) is 0 Å². The molecule has 0 spiro atoms. The van der Waals surface area contributed by atoms with Crippen LogP contribution in [0, 0.1) is 3.57 Å². The van der Waals surface area contributed by atoms with Gasteiger partial charge in [0.1, 0.15) is 0 Å². The van der Waals surface area contributed by atoms with Gasteiger partial charge in [-0.3, -0.25) is 0 Å². The van der Waals surface area contributed by atoms with Gasteiger partial charge in [-0.1, -0.05) is 11.6 Å². The maximum atomic E-state index is 5.83. The van der Waals surface area contributed by atoms with E-state index in [0.29, 0.717) is 5.95 Å². The van der Waals surface area contributed by atoms with Crippen molar-refractivity contribution in [3.8, 4) is 0 Å². The van der Waals surface area contributed by atoms with Crippen molar-refractivity contribution in [1.29, 1.82) is 0 Å². The van der Waals surface area contributed by atoms with Crippen molar-refractivity contribution in [3.63, 3.8) is 0 Å². The molecule has 2 aromatic rings. The summed E-state index contributed by atoms with van der Waals surface area (Å²) in [6, 6.07) is 7.56. The second kappa shape index (κ2) is 4.97. The molecule has 0 saturated heterocycles. The van der Waals surface area contributed by atoms with Gasteiger partial charge in [0.2, 0.25) is 5.95 Å². The standard InChI is InChI=1S/C11H9ClIN3/c1-16(10-4-2-8(12)3-5-10)11-14-6-9(13)7-15-11/h2-7H,1H3. The molecule has 1 heterocycles. The average Bonchev–Trinajstić information content (AvgIpc) is 2.30. The van der Waals surface area contributed by atoms with Gasteiger partial charge in [-0.15, -0.1) is 0 Å².